The maximum atomic E-state index is 12.2. The Morgan fingerprint density at radius 2 is 2.00 bits per heavy atom. The molecule has 0 aromatic carbocycles. The van der Waals surface area contributed by atoms with Crippen molar-refractivity contribution in [3.05, 3.63) is 29.1 Å². The van der Waals surface area contributed by atoms with Crippen LogP contribution in [0.25, 0.3) is 0 Å². The van der Waals surface area contributed by atoms with Gasteiger partial charge in [-0.05, 0) is 51.7 Å². The topological polar surface area (TPSA) is 79.3 Å². The molecule has 1 aromatic rings. The minimum Gasteiger partial charge on any atom is -0.480 e. The fourth-order valence-electron chi connectivity index (χ4n) is 2.22. The predicted octanol–water partition coefficient (Wildman–Crippen LogP) is 1.68. The van der Waals surface area contributed by atoms with Gasteiger partial charge in [-0.3, -0.25) is 9.78 Å². The van der Waals surface area contributed by atoms with Crippen LogP contribution in [-0.2, 0) is 4.79 Å². The molecule has 0 radical (unpaired) electrons. The van der Waals surface area contributed by atoms with E-state index in [2.05, 4.69) is 10.3 Å². The first kappa shape index (κ1) is 13.5. The molecule has 1 heterocycles. The summed E-state index contributed by atoms with van der Waals surface area (Å²) in [6.45, 7) is 5.17. The summed E-state index contributed by atoms with van der Waals surface area (Å²) < 4.78 is 0. The summed E-state index contributed by atoms with van der Waals surface area (Å²) in [5.41, 5.74) is 0.686. The number of hydrogen-bond donors (Lipinski definition) is 2. The van der Waals surface area contributed by atoms with Crippen molar-refractivity contribution in [2.24, 2.45) is 5.92 Å². The first-order valence-corrected chi connectivity index (χ1v) is 6.34. The van der Waals surface area contributed by atoms with Gasteiger partial charge in [0.1, 0.15) is 5.54 Å². The van der Waals surface area contributed by atoms with Gasteiger partial charge >= 0.3 is 5.97 Å². The zero-order valence-corrected chi connectivity index (χ0v) is 11.4. The predicted molar refractivity (Wildman–Crippen MR) is 69.9 cm³/mol. The van der Waals surface area contributed by atoms with Crippen LogP contribution in [0.5, 0.6) is 0 Å². The van der Waals surface area contributed by atoms with Crippen LogP contribution in [0.15, 0.2) is 12.1 Å². The van der Waals surface area contributed by atoms with Crippen molar-refractivity contribution in [1.82, 2.24) is 10.3 Å². The highest BCUT2D eigenvalue weighted by molar-refractivity contribution is 5.98. The number of aryl methyl sites for hydroxylation is 2. The molecule has 1 unspecified atom stereocenters. The van der Waals surface area contributed by atoms with E-state index in [9.17, 15) is 14.7 Å². The fraction of sp³-hybridized carbons (Fsp3) is 0.500. The van der Waals surface area contributed by atoms with Crippen LogP contribution in [0, 0.1) is 19.8 Å². The van der Waals surface area contributed by atoms with E-state index in [0.717, 1.165) is 18.5 Å². The Morgan fingerprint density at radius 1 is 1.37 bits per heavy atom. The number of nitrogens with zero attached hydrogens (tertiary/aromatic N) is 1. The Labute approximate surface area is 112 Å². The summed E-state index contributed by atoms with van der Waals surface area (Å²) >= 11 is 0. The summed E-state index contributed by atoms with van der Waals surface area (Å²) in [5.74, 6) is -1.34. The number of hydrogen-bond acceptors (Lipinski definition) is 3. The Kier molecular flexibility index (Phi) is 3.30. The molecule has 1 atom stereocenters. The van der Waals surface area contributed by atoms with Gasteiger partial charge in [-0.2, -0.15) is 0 Å². The lowest BCUT2D eigenvalue weighted by molar-refractivity contribution is -0.144. The van der Waals surface area contributed by atoms with E-state index in [4.69, 9.17) is 0 Å². The number of pyridine rings is 1. The van der Waals surface area contributed by atoms with E-state index in [1.807, 2.05) is 6.92 Å². The molecule has 0 saturated heterocycles. The second kappa shape index (κ2) is 4.64. The van der Waals surface area contributed by atoms with Crippen molar-refractivity contribution in [3.63, 3.8) is 0 Å². The molecule has 1 amide bonds. The van der Waals surface area contributed by atoms with Crippen molar-refractivity contribution >= 4 is 11.9 Å². The summed E-state index contributed by atoms with van der Waals surface area (Å²) in [5, 5.41) is 12.0. The van der Waals surface area contributed by atoms with Crippen LogP contribution in [0.3, 0.4) is 0 Å². The van der Waals surface area contributed by atoms with Crippen LogP contribution in [-0.4, -0.2) is 27.5 Å². The Hall–Kier alpha value is -1.91. The highest BCUT2D eigenvalue weighted by Gasteiger charge is 2.48. The second-order valence-electron chi connectivity index (χ2n) is 5.32. The average Bonchev–Trinajstić information content (AvgIpc) is 3.11. The molecular weight excluding hydrogens is 244 g/mol. The van der Waals surface area contributed by atoms with Gasteiger partial charge in [0, 0.05) is 5.69 Å². The number of carbonyl (C=O) groups is 2. The summed E-state index contributed by atoms with van der Waals surface area (Å²) in [6, 6.07) is 3.43. The molecule has 1 aliphatic carbocycles. The number of carbonyl (C=O) groups excluding carboxylic acids is 1. The molecule has 5 heteroatoms. The molecule has 2 rings (SSSR count). The van der Waals surface area contributed by atoms with Gasteiger partial charge in [-0.1, -0.05) is 0 Å². The molecule has 1 aromatic heterocycles. The van der Waals surface area contributed by atoms with Gasteiger partial charge in [0.25, 0.3) is 5.91 Å². The highest BCUT2D eigenvalue weighted by atomic mass is 16.4. The van der Waals surface area contributed by atoms with E-state index in [1.54, 1.807) is 26.0 Å². The molecule has 5 nitrogen and oxygen atoms in total. The number of aromatic nitrogens is 1. The summed E-state index contributed by atoms with van der Waals surface area (Å²) in [6.07, 6.45) is 1.68. The molecule has 102 valence electrons. The van der Waals surface area contributed by atoms with Gasteiger partial charge in [0.2, 0.25) is 0 Å². The third kappa shape index (κ3) is 2.59. The molecule has 2 N–H and O–H groups in total. The van der Waals surface area contributed by atoms with E-state index >= 15 is 0 Å². The van der Waals surface area contributed by atoms with E-state index in [1.165, 1.54) is 0 Å². The fourth-order valence-corrected chi connectivity index (χ4v) is 2.22. The Balaban J connectivity index is 2.22. The summed E-state index contributed by atoms with van der Waals surface area (Å²) in [7, 11) is 0. The third-order valence-corrected chi connectivity index (χ3v) is 3.68. The second-order valence-corrected chi connectivity index (χ2v) is 5.32. The average molecular weight is 262 g/mol. The van der Waals surface area contributed by atoms with Crippen molar-refractivity contribution in [3.8, 4) is 0 Å². The first-order chi connectivity index (χ1) is 8.84. The van der Waals surface area contributed by atoms with Gasteiger partial charge in [0.15, 0.2) is 0 Å². The molecular formula is C14H18N2O3. The quantitative estimate of drug-likeness (QED) is 0.865. The number of rotatable bonds is 4. The van der Waals surface area contributed by atoms with Crippen LogP contribution < -0.4 is 5.32 Å². The largest absolute Gasteiger partial charge is 0.480 e. The summed E-state index contributed by atoms with van der Waals surface area (Å²) in [4.78, 5) is 27.8. The molecule has 1 saturated carbocycles. The number of carboxylic acids is 1. The number of nitrogens with one attached hydrogen (secondary N) is 1. The Bertz CT molecular complexity index is 537. The SMILES string of the molecule is Cc1ccc(C(=O)NC(C)(C(=O)O)C2CC2)c(C)n1. The van der Waals surface area contributed by atoms with E-state index < -0.39 is 11.5 Å². The molecule has 1 fully saturated rings. The molecule has 1 aliphatic rings. The third-order valence-electron chi connectivity index (χ3n) is 3.68. The number of carboxylic acid groups (broad SMARTS) is 1. The van der Waals surface area contributed by atoms with Crippen molar-refractivity contribution in [2.75, 3.05) is 0 Å². The monoisotopic (exact) mass is 262 g/mol. The van der Waals surface area contributed by atoms with E-state index in [0.29, 0.717) is 11.3 Å². The zero-order chi connectivity index (χ0) is 14.2. The van der Waals surface area contributed by atoms with Gasteiger partial charge in [-0.25, -0.2) is 4.79 Å². The molecule has 0 spiro atoms. The van der Waals surface area contributed by atoms with Gasteiger partial charge in [0.05, 0.1) is 11.3 Å². The molecule has 19 heavy (non-hydrogen) atoms. The van der Waals surface area contributed by atoms with Crippen LogP contribution in [0.4, 0.5) is 0 Å². The van der Waals surface area contributed by atoms with Crippen LogP contribution >= 0.6 is 0 Å². The number of amides is 1. The molecule has 0 bridgehead atoms. The maximum Gasteiger partial charge on any atom is 0.329 e. The van der Waals surface area contributed by atoms with Crippen molar-refractivity contribution < 1.29 is 14.7 Å². The first-order valence-electron chi connectivity index (χ1n) is 6.34. The number of aliphatic carboxylic acids is 1. The maximum absolute atomic E-state index is 12.2. The van der Waals surface area contributed by atoms with Gasteiger partial charge < -0.3 is 10.4 Å². The lowest BCUT2D eigenvalue weighted by atomic mass is 9.95. The lowest BCUT2D eigenvalue weighted by Crippen LogP contribution is -2.54. The van der Waals surface area contributed by atoms with Gasteiger partial charge in [-0.15, -0.1) is 0 Å². The normalized spacial score (nSPS) is 17.6. The van der Waals surface area contributed by atoms with Crippen molar-refractivity contribution in [1.29, 1.82) is 0 Å². The van der Waals surface area contributed by atoms with E-state index in [-0.39, 0.29) is 11.8 Å². The van der Waals surface area contributed by atoms with Crippen LogP contribution in [0.2, 0.25) is 0 Å². The van der Waals surface area contributed by atoms with Crippen molar-refractivity contribution in [2.45, 2.75) is 39.2 Å². The smallest absolute Gasteiger partial charge is 0.329 e. The van der Waals surface area contributed by atoms with Crippen LogP contribution in [0.1, 0.15) is 41.5 Å². The highest BCUT2D eigenvalue weighted by Crippen LogP contribution is 2.39. The Morgan fingerprint density at radius 3 is 2.47 bits per heavy atom. The molecule has 0 aliphatic heterocycles. The minimum atomic E-state index is -1.19. The zero-order valence-electron chi connectivity index (χ0n) is 11.4. The standard InChI is InChI=1S/C14H18N2O3/c1-8-4-7-11(9(2)15-8)12(17)16-14(3,13(18)19)10-5-6-10/h4,7,10H,5-6H2,1-3H3,(H,16,17)(H,18,19). The lowest BCUT2D eigenvalue weighted by Gasteiger charge is -2.26. The minimum absolute atomic E-state index is 0.0210.